The Morgan fingerprint density at radius 2 is 2.42 bits per heavy atom. The lowest BCUT2D eigenvalue weighted by atomic mass is 10.2. The number of rotatable bonds is 3. The summed E-state index contributed by atoms with van der Waals surface area (Å²) in [7, 11) is 0. The van der Waals surface area contributed by atoms with Crippen molar-refractivity contribution in [3.63, 3.8) is 0 Å². The molecule has 2 heteroatoms. The first-order chi connectivity index (χ1) is 8.21. The van der Waals surface area contributed by atoms with E-state index >= 15 is 0 Å². The summed E-state index contributed by atoms with van der Waals surface area (Å²) < 4.78 is 56.4. The summed E-state index contributed by atoms with van der Waals surface area (Å²) in [6, 6.07) is 0. The van der Waals surface area contributed by atoms with Gasteiger partial charge in [-0.1, -0.05) is 20.1 Å². The van der Waals surface area contributed by atoms with Gasteiger partial charge in [0.25, 0.3) is 0 Å². The highest BCUT2D eigenvalue weighted by atomic mass is 16.6. The molecule has 0 aromatic carbocycles. The molecule has 0 fully saturated rings. The van der Waals surface area contributed by atoms with Crippen molar-refractivity contribution in [3.05, 3.63) is 0 Å². The molecule has 0 spiro atoms. The largest absolute Gasteiger partial charge is 0.460 e. The van der Waals surface area contributed by atoms with Crippen LogP contribution in [0.3, 0.4) is 0 Å². The van der Waals surface area contributed by atoms with E-state index in [1.54, 1.807) is 20.8 Å². The third-order valence-electron chi connectivity index (χ3n) is 0.956. The minimum atomic E-state index is -2.95. The molecule has 2 nitrogen and oxygen atoms in total. The van der Waals surface area contributed by atoms with Crippen LogP contribution < -0.4 is 0 Å². The number of carbonyl (C=O) groups is 1. The maximum atomic E-state index is 11.7. The third-order valence-corrected chi connectivity index (χ3v) is 0.956. The quantitative estimate of drug-likeness (QED) is 0.498. The van der Waals surface area contributed by atoms with Crippen LogP contribution in [0.5, 0.6) is 0 Å². The van der Waals surface area contributed by atoms with E-state index in [1.165, 1.54) is 0 Å². The topological polar surface area (TPSA) is 26.3 Å². The third kappa shape index (κ3) is 6.20. The van der Waals surface area contributed by atoms with Gasteiger partial charge in [-0.25, -0.2) is 0 Å². The summed E-state index contributed by atoms with van der Waals surface area (Å²) in [4.78, 5) is 11.7. The van der Waals surface area contributed by atoms with E-state index in [9.17, 15) is 4.79 Å². The van der Waals surface area contributed by atoms with Crippen molar-refractivity contribution in [1.29, 1.82) is 0 Å². The second-order valence-electron chi connectivity index (χ2n) is 3.46. The van der Waals surface area contributed by atoms with Gasteiger partial charge in [0, 0.05) is 16.0 Å². The predicted molar refractivity (Wildman–Crippen MR) is 49.9 cm³/mol. The minimum Gasteiger partial charge on any atom is -0.460 e. The van der Waals surface area contributed by atoms with Crippen molar-refractivity contribution in [3.8, 4) is 0 Å². The Labute approximate surface area is 85.1 Å². The zero-order chi connectivity index (χ0) is 15.6. The Kier molecular flexibility index (Phi) is 1.54. The highest BCUT2D eigenvalue weighted by Crippen LogP contribution is 2.13. The fourth-order valence-corrected chi connectivity index (χ4v) is 0.592. The van der Waals surface area contributed by atoms with Crippen LogP contribution in [0, 0.1) is 5.89 Å². The highest BCUT2D eigenvalue weighted by molar-refractivity contribution is 5.70. The molecule has 72 valence electrons. The fraction of sp³-hybridized carbons (Fsp3) is 0.900. The monoisotopic (exact) mass is 184 g/mol. The van der Waals surface area contributed by atoms with Crippen molar-refractivity contribution in [2.75, 3.05) is 0 Å². The Hall–Kier alpha value is -0.530. The SMILES string of the molecule is [2H][13CH]([2H])[13CH]([2H])[13C@@]([2H])([13CH2][13C](=O)OC(C)(C)C)C([2H])([2H])[2H]. The van der Waals surface area contributed by atoms with Crippen LogP contribution in [0.1, 0.15) is 56.9 Å². The molecule has 0 saturated carbocycles. The number of carbonyl (C=O) groups excluding carboxylic acids is 1. The zero-order valence-electron chi connectivity index (χ0n) is 14.7. The normalized spacial score (nSPS) is 29.2. The lowest BCUT2D eigenvalue weighted by molar-refractivity contribution is -0.155. The first kappa shape index (κ1) is 4.12. The Bertz CT molecular complexity index is 321. The summed E-state index contributed by atoms with van der Waals surface area (Å²) >= 11 is 0. The van der Waals surface area contributed by atoms with Gasteiger partial charge in [0.05, 0.1) is 0 Å². The molecule has 0 heterocycles. The molecule has 0 aliphatic rings. The standard InChI is InChI=1S/C10H20O2/c1-6-8(2)7-9(11)12-10(3,4)5/h8H,6-7H2,1-5H3/t8-/m0/s1/i1+1D2,2D3,6+1D,7+1,8+1D,9+1/t6?,8-. The second-order valence-corrected chi connectivity index (χ2v) is 3.46. The van der Waals surface area contributed by atoms with Gasteiger partial charge in [-0.05, 0) is 26.7 Å². The maximum Gasteiger partial charge on any atom is 0.306 e. The van der Waals surface area contributed by atoms with E-state index < -0.39 is 44.0 Å². The molecular weight excluding hydrogens is 157 g/mol. The van der Waals surface area contributed by atoms with E-state index in [0.29, 0.717) is 0 Å². The zero-order valence-corrected chi connectivity index (χ0v) is 7.68. The first-order valence-electron chi connectivity index (χ1n) is 7.42. The molecule has 0 aliphatic carbocycles. The van der Waals surface area contributed by atoms with Crippen LogP contribution >= 0.6 is 0 Å². The van der Waals surface area contributed by atoms with Crippen molar-refractivity contribution in [2.45, 2.75) is 52.9 Å². The van der Waals surface area contributed by atoms with E-state index in [0.717, 1.165) is 0 Å². The molecule has 0 aliphatic heterocycles. The average molecular weight is 184 g/mol. The second kappa shape index (κ2) is 4.48. The van der Waals surface area contributed by atoms with Crippen LogP contribution in [0.4, 0.5) is 0 Å². The van der Waals surface area contributed by atoms with Gasteiger partial charge in [0.15, 0.2) is 0 Å². The van der Waals surface area contributed by atoms with Crippen molar-refractivity contribution >= 4 is 5.97 Å². The molecule has 1 unspecified atom stereocenters. The number of ether oxygens (including phenoxy) is 1. The van der Waals surface area contributed by atoms with E-state index in [-0.39, 0.29) is 0 Å². The Balaban J connectivity index is 5.16. The lowest BCUT2D eigenvalue weighted by Crippen LogP contribution is -2.24. The van der Waals surface area contributed by atoms with Gasteiger partial charge in [-0.15, -0.1) is 0 Å². The van der Waals surface area contributed by atoms with Crippen molar-refractivity contribution in [2.24, 2.45) is 5.89 Å². The number of esters is 1. The van der Waals surface area contributed by atoms with Gasteiger partial charge >= 0.3 is 5.97 Å². The first-order valence-corrected chi connectivity index (χ1v) is 3.69. The summed E-state index contributed by atoms with van der Waals surface area (Å²) in [5, 5.41) is 0. The van der Waals surface area contributed by atoms with E-state index in [2.05, 4.69) is 0 Å². The van der Waals surface area contributed by atoms with Crippen molar-refractivity contribution < 1.29 is 19.1 Å². The summed E-state index contributed by atoms with van der Waals surface area (Å²) in [5.41, 5.74) is -0.828. The molecule has 0 amide bonds. The molecule has 0 saturated heterocycles. The van der Waals surface area contributed by atoms with E-state index in [4.69, 9.17) is 14.3 Å². The average Bonchev–Trinajstić information content (AvgIpc) is 2.10. The summed E-state index contributed by atoms with van der Waals surface area (Å²) in [5.74, 6) is -3.44. The maximum absolute atomic E-state index is 11.7. The van der Waals surface area contributed by atoms with Gasteiger partial charge in [-0.2, -0.15) is 0 Å². The van der Waals surface area contributed by atoms with Crippen LogP contribution in [0.15, 0.2) is 0 Å². The van der Waals surface area contributed by atoms with Gasteiger partial charge < -0.3 is 4.74 Å². The Morgan fingerprint density at radius 3 is 2.83 bits per heavy atom. The van der Waals surface area contributed by atoms with Gasteiger partial charge in [0.2, 0.25) is 0 Å². The smallest absolute Gasteiger partial charge is 0.306 e. The van der Waals surface area contributed by atoms with Crippen LogP contribution in [0.25, 0.3) is 0 Å². The minimum absolute atomic E-state index is 0.828. The van der Waals surface area contributed by atoms with Crippen LogP contribution in [0.2, 0.25) is 0 Å². The molecule has 0 N–H and O–H groups in total. The summed E-state index contributed by atoms with van der Waals surface area (Å²) in [6.45, 7) is 0.0163. The molecule has 12 heavy (non-hydrogen) atoms. The molecule has 2 atom stereocenters. The number of hydrogen-bond acceptors (Lipinski definition) is 2. The summed E-state index contributed by atoms with van der Waals surface area (Å²) in [6.07, 6.45) is -2.70. The van der Waals surface area contributed by atoms with Crippen molar-refractivity contribution in [1.82, 2.24) is 0 Å². The molecule has 0 radical (unpaired) electrons. The van der Waals surface area contributed by atoms with Gasteiger partial charge in [-0.3, -0.25) is 4.79 Å². The molecule has 0 bridgehead atoms. The van der Waals surface area contributed by atoms with Gasteiger partial charge in [0.1, 0.15) is 5.60 Å². The molecule has 0 aromatic rings. The fourth-order valence-electron chi connectivity index (χ4n) is 0.592. The molecule has 0 aromatic heterocycles. The van der Waals surface area contributed by atoms with E-state index in [1.807, 2.05) is 0 Å². The molecular formula is C10H20O2. The Morgan fingerprint density at radius 1 is 1.75 bits per heavy atom. The lowest BCUT2D eigenvalue weighted by Gasteiger charge is -2.20. The highest BCUT2D eigenvalue weighted by Gasteiger charge is 2.17. The van der Waals surface area contributed by atoms with Crippen LogP contribution in [-0.2, 0) is 9.53 Å². The predicted octanol–water partition coefficient (Wildman–Crippen LogP) is 2.76. The number of hydrogen-bond donors (Lipinski definition) is 0. The van der Waals surface area contributed by atoms with Crippen LogP contribution in [-0.4, -0.2) is 11.6 Å². The molecule has 0 rings (SSSR count).